The van der Waals surface area contributed by atoms with Crippen LogP contribution < -0.4 is 0 Å². The lowest BCUT2D eigenvalue weighted by Gasteiger charge is -2.18. The number of unbranched alkanes of at least 4 members (excludes halogenated alkanes) is 36. The highest BCUT2D eigenvalue weighted by molar-refractivity contribution is 5.71. The molecule has 0 aliphatic rings. The van der Waals surface area contributed by atoms with Gasteiger partial charge in [-0.05, 0) is 57.8 Å². The third-order valence-electron chi connectivity index (χ3n) is 12.9. The topological polar surface area (TPSA) is 78.9 Å². The number of hydrogen-bond donors (Lipinski definition) is 0. The SMILES string of the molecule is CCCCCCC/C=C\C/C=C\C/C=C\CCCCCCCCCCCCCCCCC(=O)OCC(COC(=O)CCCCCCCC)OC(=O)CCCCCCCCCCCCCCC. The normalized spacial score (nSPS) is 12.2. The zero-order chi connectivity index (χ0) is 47.9. The molecule has 0 amide bonds. The standard InChI is InChI=1S/C60H110O6/c1-4-7-10-13-16-18-20-22-23-24-25-26-27-28-29-30-31-32-33-34-35-36-37-39-40-42-44-47-50-53-59(62)65-56-57(55-64-58(61)52-49-46-15-12-9-6-3)66-60(63)54-51-48-45-43-41-38-21-19-17-14-11-8-5-2/h20,22,24-25,27-28,57H,4-19,21,23,26,29-56H2,1-3H3/b22-20-,25-24-,28-27-. The lowest BCUT2D eigenvalue weighted by molar-refractivity contribution is -0.167. The average Bonchev–Trinajstić information content (AvgIpc) is 3.31. The van der Waals surface area contributed by atoms with Crippen LogP contribution in [0.3, 0.4) is 0 Å². The van der Waals surface area contributed by atoms with Crippen molar-refractivity contribution >= 4 is 17.9 Å². The molecule has 0 rings (SSSR count). The molecule has 0 aromatic carbocycles. The third-order valence-corrected chi connectivity index (χ3v) is 12.9. The fourth-order valence-electron chi connectivity index (χ4n) is 8.51. The minimum atomic E-state index is -0.764. The Kier molecular flexibility index (Phi) is 53.2. The maximum atomic E-state index is 12.7. The fourth-order valence-corrected chi connectivity index (χ4v) is 8.51. The highest BCUT2D eigenvalue weighted by atomic mass is 16.6. The lowest BCUT2D eigenvalue weighted by atomic mass is 10.0. The second kappa shape index (κ2) is 55.2. The number of esters is 3. The van der Waals surface area contributed by atoms with Crippen molar-refractivity contribution in [3.8, 4) is 0 Å². The van der Waals surface area contributed by atoms with Crippen molar-refractivity contribution in [2.75, 3.05) is 13.2 Å². The van der Waals surface area contributed by atoms with Gasteiger partial charge in [0.2, 0.25) is 0 Å². The summed E-state index contributed by atoms with van der Waals surface area (Å²) in [5.41, 5.74) is 0. The Labute approximate surface area is 410 Å². The van der Waals surface area contributed by atoms with Crippen LogP contribution in [-0.4, -0.2) is 37.2 Å². The van der Waals surface area contributed by atoms with Gasteiger partial charge in [0.05, 0.1) is 0 Å². The van der Waals surface area contributed by atoms with Gasteiger partial charge in [0.25, 0.3) is 0 Å². The monoisotopic (exact) mass is 927 g/mol. The summed E-state index contributed by atoms with van der Waals surface area (Å²) in [6.45, 7) is 6.60. The van der Waals surface area contributed by atoms with Gasteiger partial charge in [0.15, 0.2) is 6.10 Å². The highest BCUT2D eigenvalue weighted by Crippen LogP contribution is 2.17. The van der Waals surface area contributed by atoms with Crippen LogP contribution in [0.5, 0.6) is 0 Å². The fraction of sp³-hybridized carbons (Fsp3) is 0.850. The van der Waals surface area contributed by atoms with Crippen LogP contribution in [0.25, 0.3) is 0 Å². The second-order valence-corrected chi connectivity index (χ2v) is 19.6. The summed E-state index contributed by atoms with van der Waals surface area (Å²) in [6, 6.07) is 0. The predicted molar refractivity (Wildman–Crippen MR) is 284 cm³/mol. The molecule has 0 aromatic rings. The molecule has 0 aromatic heterocycles. The van der Waals surface area contributed by atoms with Crippen molar-refractivity contribution in [3.63, 3.8) is 0 Å². The Balaban J connectivity index is 4.00. The smallest absolute Gasteiger partial charge is 0.306 e. The van der Waals surface area contributed by atoms with Gasteiger partial charge in [-0.15, -0.1) is 0 Å². The number of carbonyl (C=O) groups is 3. The van der Waals surface area contributed by atoms with Gasteiger partial charge in [0, 0.05) is 19.3 Å². The lowest BCUT2D eigenvalue weighted by Crippen LogP contribution is -2.30. The molecule has 1 atom stereocenters. The summed E-state index contributed by atoms with van der Waals surface area (Å²) in [7, 11) is 0. The van der Waals surface area contributed by atoms with E-state index in [9.17, 15) is 14.4 Å². The van der Waals surface area contributed by atoms with Gasteiger partial charge < -0.3 is 14.2 Å². The largest absolute Gasteiger partial charge is 0.462 e. The van der Waals surface area contributed by atoms with Gasteiger partial charge in [-0.1, -0.05) is 269 Å². The van der Waals surface area contributed by atoms with E-state index in [4.69, 9.17) is 14.2 Å². The third kappa shape index (κ3) is 52.6. The first-order chi connectivity index (χ1) is 32.5. The van der Waals surface area contributed by atoms with E-state index < -0.39 is 6.10 Å². The Morgan fingerprint density at radius 2 is 0.545 bits per heavy atom. The van der Waals surface area contributed by atoms with Crippen molar-refractivity contribution in [1.29, 1.82) is 0 Å². The zero-order valence-electron chi connectivity index (χ0n) is 44.2. The molecule has 6 nitrogen and oxygen atoms in total. The molecule has 0 heterocycles. The van der Waals surface area contributed by atoms with E-state index in [-0.39, 0.29) is 31.1 Å². The summed E-state index contributed by atoms with van der Waals surface area (Å²) < 4.78 is 16.7. The molecule has 0 radical (unpaired) electrons. The van der Waals surface area contributed by atoms with Gasteiger partial charge in [0.1, 0.15) is 13.2 Å². The van der Waals surface area contributed by atoms with E-state index in [0.29, 0.717) is 19.3 Å². The van der Waals surface area contributed by atoms with Crippen LogP contribution in [0.4, 0.5) is 0 Å². The van der Waals surface area contributed by atoms with Gasteiger partial charge in [-0.2, -0.15) is 0 Å². The van der Waals surface area contributed by atoms with Crippen LogP contribution in [0, 0.1) is 0 Å². The minimum Gasteiger partial charge on any atom is -0.462 e. The van der Waals surface area contributed by atoms with Crippen LogP contribution in [0.1, 0.15) is 310 Å². The number of rotatable bonds is 53. The summed E-state index contributed by atoms with van der Waals surface area (Å²) in [5.74, 6) is -0.864. The van der Waals surface area contributed by atoms with E-state index in [1.54, 1.807) is 0 Å². The van der Waals surface area contributed by atoms with Crippen LogP contribution in [-0.2, 0) is 28.6 Å². The Bertz CT molecular complexity index is 1110. The quantitative estimate of drug-likeness (QED) is 0.0262. The molecular formula is C60H110O6. The van der Waals surface area contributed by atoms with Crippen LogP contribution >= 0.6 is 0 Å². The van der Waals surface area contributed by atoms with E-state index in [0.717, 1.165) is 70.6 Å². The first-order valence-electron chi connectivity index (χ1n) is 29.0. The van der Waals surface area contributed by atoms with Crippen LogP contribution in [0.15, 0.2) is 36.5 Å². The number of ether oxygens (including phenoxy) is 3. The summed E-state index contributed by atoms with van der Waals surface area (Å²) >= 11 is 0. The average molecular weight is 928 g/mol. The summed E-state index contributed by atoms with van der Waals surface area (Å²) in [5, 5.41) is 0. The van der Waals surface area contributed by atoms with Crippen molar-refractivity contribution in [2.45, 2.75) is 316 Å². The molecule has 0 fully saturated rings. The molecule has 0 aliphatic heterocycles. The van der Waals surface area contributed by atoms with Gasteiger partial charge >= 0.3 is 17.9 Å². The van der Waals surface area contributed by atoms with Gasteiger partial charge in [-0.25, -0.2) is 0 Å². The van der Waals surface area contributed by atoms with Gasteiger partial charge in [-0.3, -0.25) is 14.4 Å². The molecule has 386 valence electrons. The molecule has 0 N–H and O–H groups in total. The predicted octanol–water partition coefficient (Wildman–Crippen LogP) is 19.3. The Hall–Kier alpha value is -2.37. The molecule has 6 heteroatoms. The van der Waals surface area contributed by atoms with Crippen molar-refractivity contribution in [1.82, 2.24) is 0 Å². The summed E-state index contributed by atoms with van der Waals surface area (Å²) in [4.78, 5) is 37.8. The Morgan fingerprint density at radius 3 is 0.848 bits per heavy atom. The second-order valence-electron chi connectivity index (χ2n) is 19.6. The molecule has 0 bridgehead atoms. The van der Waals surface area contributed by atoms with Crippen molar-refractivity contribution in [3.05, 3.63) is 36.5 Å². The highest BCUT2D eigenvalue weighted by Gasteiger charge is 2.19. The number of carbonyl (C=O) groups excluding carboxylic acids is 3. The van der Waals surface area contributed by atoms with E-state index in [2.05, 4.69) is 57.2 Å². The molecule has 0 aliphatic carbocycles. The van der Waals surface area contributed by atoms with Crippen molar-refractivity contribution < 1.29 is 28.6 Å². The maximum Gasteiger partial charge on any atom is 0.306 e. The summed E-state index contributed by atoms with van der Waals surface area (Å²) in [6.07, 6.45) is 66.1. The molecule has 0 spiro atoms. The Morgan fingerprint density at radius 1 is 0.303 bits per heavy atom. The maximum absolute atomic E-state index is 12.7. The minimum absolute atomic E-state index is 0.0681. The molecule has 0 saturated heterocycles. The van der Waals surface area contributed by atoms with E-state index in [1.165, 1.54) is 199 Å². The van der Waals surface area contributed by atoms with Crippen LogP contribution in [0.2, 0.25) is 0 Å². The molecule has 0 saturated carbocycles. The number of hydrogen-bond acceptors (Lipinski definition) is 6. The molecule has 1 unspecified atom stereocenters. The van der Waals surface area contributed by atoms with Crippen molar-refractivity contribution in [2.24, 2.45) is 0 Å². The first kappa shape index (κ1) is 63.6. The first-order valence-corrected chi connectivity index (χ1v) is 29.0. The van der Waals surface area contributed by atoms with E-state index >= 15 is 0 Å². The zero-order valence-corrected chi connectivity index (χ0v) is 44.2. The molecular weight excluding hydrogens is 817 g/mol. The molecule has 66 heavy (non-hydrogen) atoms. The van der Waals surface area contributed by atoms with E-state index in [1.807, 2.05) is 0 Å². The number of allylic oxidation sites excluding steroid dienone is 6.